The number of pyridine rings is 2. The number of carbonyl (C=O) groups excluding carboxylic acids is 1. The standard InChI is InChI=1S/C17H18N8O/c1-11(15-22-20-13-7-3-5-9-24(13)15)18-17(26)19-12(2)16-23-21-14-8-4-6-10-25(14)16/h3-12H,1-2H3,(H2,18,19,26)/t11-,12+. The minimum Gasteiger partial charge on any atom is -0.328 e. The number of nitrogens with one attached hydrogen (secondary N) is 2. The lowest BCUT2D eigenvalue weighted by atomic mass is 10.3. The zero-order valence-corrected chi connectivity index (χ0v) is 14.4. The van der Waals surface area contributed by atoms with Crippen molar-refractivity contribution < 1.29 is 4.79 Å². The Bertz CT molecular complexity index is 985. The van der Waals surface area contributed by atoms with Gasteiger partial charge in [0.25, 0.3) is 0 Å². The molecule has 4 heterocycles. The first-order chi connectivity index (χ1) is 12.6. The van der Waals surface area contributed by atoms with Crippen molar-refractivity contribution in [3.8, 4) is 0 Å². The van der Waals surface area contributed by atoms with E-state index in [1.165, 1.54) is 0 Å². The van der Waals surface area contributed by atoms with Crippen LogP contribution in [-0.4, -0.2) is 35.2 Å². The molecule has 0 aromatic carbocycles. The van der Waals surface area contributed by atoms with Gasteiger partial charge in [0.15, 0.2) is 22.9 Å². The normalized spacial score (nSPS) is 13.6. The molecular formula is C17H18N8O. The highest BCUT2D eigenvalue weighted by Crippen LogP contribution is 2.14. The molecule has 0 unspecified atom stereocenters. The minimum absolute atomic E-state index is 0.310. The van der Waals surface area contributed by atoms with E-state index in [1.54, 1.807) is 0 Å². The molecule has 0 aliphatic heterocycles. The van der Waals surface area contributed by atoms with Crippen LogP contribution in [-0.2, 0) is 0 Å². The number of hydrogen-bond acceptors (Lipinski definition) is 5. The summed E-state index contributed by atoms with van der Waals surface area (Å²) in [6, 6.07) is 10.4. The summed E-state index contributed by atoms with van der Waals surface area (Å²) in [6.07, 6.45) is 3.73. The number of amides is 2. The molecule has 0 radical (unpaired) electrons. The van der Waals surface area contributed by atoms with Crippen LogP contribution in [0.2, 0.25) is 0 Å². The van der Waals surface area contributed by atoms with Crippen molar-refractivity contribution in [1.29, 1.82) is 0 Å². The van der Waals surface area contributed by atoms with Gasteiger partial charge in [-0.05, 0) is 38.1 Å². The Morgan fingerprint density at radius 1 is 0.808 bits per heavy atom. The van der Waals surface area contributed by atoms with E-state index >= 15 is 0 Å². The monoisotopic (exact) mass is 350 g/mol. The van der Waals surface area contributed by atoms with Crippen molar-refractivity contribution >= 4 is 17.3 Å². The van der Waals surface area contributed by atoms with E-state index in [4.69, 9.17) is 0 Å². The van der Waals surface area contributed by atoms with Gasteiger partial charge in [0.1, 0.15) is 0 Å². The van der Waals surface area contributed by atoms with E-state index < -0.39 is 0 Å². The summed E-state index contributed by atoms with van der Waals surface area (Å²) in [5.74, 6) is 1.33. The predicted molar refractivity (Wildman–Crippen MR) is 94.5 cm³/mol. The van der Waals surface area contributed by atoms with Gasteiger partial charge in [-0.3, -0.25) is 8.80 Å². The van der Waals surface area contributed by atoms with Gasteiger partial charge < -0.3 is 10.6 Å². The van der Waals surface area contributed by atoms with Crippen LogP contribution in [0.25, 0.3) is 11.3 Å². The Morgan fingerprint density at radius 2 is 1.27 bits per heavy atom. The molecule has 0 bridgehead atoms. The zero-order chi connectivity index (χ0) is 18.1. The fourth-order valence-corrected chi connectivity index (χ4v) is 2.87. The Balaban J connectivity index is 1.46. The zero-order valence-electron chi connectivity index (χ0n) is 14.4. The summed E-state index contributed by atoms with van der Waals surface area (Å²) >= 11 is 0. The van der Waals surface area contributed by atoms with Crippen LogP contribution in [0.3, 0.4) is 0 Å². The molecule has 9 heteroatoms. The van der Waals surface area contributed by atoms with Crippen LogP contribution >= 0.6 is 0 Å². The SMILES string of the molecule is C[C@H](NC(=O)N[C@H](C)c1nnc2ccccn12)c1nnc2ccccn12. The van der Waals surface area contributed by atoms with Gasteiger partial charge >= 0.3 is 6.03 Å². The average Bonchev–Trinajstić information content (AvgIpc) is 3.26. The predicted octanol–water partition coefficient (Wildman–Crippen LogP) is 1.89. The van der Waals surface area contributed by atoms with E-state index in [0.717, 1.165) is 11.3 Å². The lowest BCUT2D eigenvalue weighted by Crippen LogP contribution is -2.39. The molecule has 4 aromatic rings. The first-order valence-electron chi connectivity index (χ1n) is 8.30. The molecule has 0 aliphatic carbocycles. The van der Waals surface area contributed by atoms with Crippen LogP contribution in [0.15, 0.2) is 48.8 Å². The Morgan fingerprint density at radius 3 is 1.73 bits per heavy atom. The van der Waals surface area contributed by atoms with Gasteiger partial charge in [-0.1, -0.05) is 12.1 Å². The van der Waals surface area contributed by atoms with Crippen molar-refractivity contribution in [1.82, 2.24) is 39.8 Å². The van der Waals surface area contributed by atoms with Gasteiger partial charge in [-0.25, -0.2) is 4.79 Å². The number of urea groups is 1. The van der Waals surface area contributed by atoms with Crippen molar-refractivity contribution in [3.05, 3.63) is 60.4 Å². The summed E-state index contributed by atoms with van der Waals surface area (Å²) in [6.45, 7) is 3.72. The van der Waals surface area contributed by atoms with Crippen LogP contribution in [0, 0.1) is 0 Å². The Kier molecular flexibility index (Phi) is 3.96. The van der Waals surface area contributed by atoms with Crippen molar-refractivity contribution in [3.63, 3.8) is 0 Å². The molecule has 4 rings (SSSR count). The van der Waals surface area contributed by atoms with Gasteiger partial charge in [-0.15, -0.1) is 20.4 Å². The van der Waals surface area contributed by atoms with Crippen molar-refractivity contribution in [2.75, 3.05) is 0 Å². The highest BCUT2D eigenvalue weighted by atomic mass is 16.2. The molecule has 0 fully saturated rings. The van der Waals surface area contributed by atoms with Gasteiger partial charge in [0.05, 0.1) is 12.1 Å². The third kappa shape index (κ3) is 2.83. The molecule has 26 heavy (non-hydrogen) atoms. The number of aromatic nitrogens is 6. The summed E-state index contributed by atoms with van der Waals surface area (Å²) in [4.78, 5) is 12.4. The number of carbonyl (C=O) groups is 1. The summed E-state index contributed by atoms with van der Waals surface area (Å²) in [5, 5.41) is 22.3. The Hall–Kier alpha value is -3.49. The lowest BCUT2D eigenvalue weighted by Gasteiger charge is -2.16. The average molecular weight is 350 g/mol. The van der Waals surface area contributed by atoms with Crippen LogP contribution in [0.4, 0.5) is 4.79 Å². The number of rotatable bonds is 4. The topological polar surface area (TPSA) is 102 Å². The molecule has 0 aliphatic rings. The third-order valence-corrected chi connectivity index (χ3v) is 4.15. The highest BCUT2D eigenvalue weighted by Gasteiger charge is 2.19. The fourth-order valence-electron chi connectivity index (χ4n) is 2.87. The van der Waals surface area contributed by atoms with E-state index in [0.29, 0.717) is 11.6 Å². The highest BCUT2D eigenvalue weighted by molar-refractivity contribution is 5.74. The molecule has 2 amide bonds. The van der Waals surface area contributed by atoms with Gasteiger partial charge in [0.2, 0.25) is 0 Å². The number of fused-ring (bicyclic) bond motifs is 2. The summed E-state index contributed by atoms with van der Waals surface area (Å²) in [5.41, 5.74) is 1.47. The largest absolute Gasteiger partial charge is 0.328 e. The van der Waals surface area contributed by atoms with Crippen LogP contribution in [0.5, 0.6) is 0 Å². The lowest BCUT2D eigenvalue weighted by molar-refractivity contribution is 0.234. The number of nitrogens with zero attached hydrogens (tertiary/aromatic N) is 6. The van der Waals surface area contributed by atoms with E-state index in [-0.39, 0.29) is 18.1 Å². The second kappa shape index (κ2) is 6.43. The first kappa shape index (κ1) is 16.0. The Labute approximate surface area is 149 Å². The summed E-state index contributed by atoms with van der Waals surface area (Å²) in [7, 11) is 0. The molecule has 0 saturated carbocycles. The molecule has 2 atom stereocenters. The molecule has 9 nitrogen and oxygen atoms in total. The molecule has 2 N–H and O–H groups in total. The van der Waals surface area contributed by atoms with Gasteiger partial charge in [-0.2, -0.15) is 0 Å². The second-order valence-corrected chi connectivity index (χ2v) is 6.04. The van der Waals surface area contributed by atoms with Crippen molar-refractivity contribution in [2.24, 2.45) is 0 Å². The second-order valence-electron chi connectivity index (χ2n) is 6.04. The maximum atomic E-state index is 12.4. The molecule has 0 saturated heterocycles. The van der Waals surface area contributed by atoms with Crippen LogP contribution < -0.4 is 10.6 Å². The smallest absolute Gasteiger partial charge is 0.315 e. The molecule has 4 aromatic heterocycles. The van der Waals surface area contributed by atoms with E-state index in [1.807, 2.05) is 71.4 Å². The molecule has 132 valence electrons. The number of hydrogen-bond donors (Lipinski definition) is 2. The van der Waals surface area contributed by atoms with Gasteiger partial charge in [0, 0.05) is 12.4 Å². The quantitative estimate of drug-likeness (QED) is 0.585. The third-order valence-electron chi connectivity index (χ3n) is 4.15. The molecule has 0 spiro atoms. The van der Waals surface area contributed by atoms with Crippen molar-refractivity contribution in [2.45, 2.75) is 25.9 Å². The summed E-state index contributed by atoms with van der Waals surface area (Å²) < 4.78 is 3.70. The van der Waals surface area contributed by atoms with Crippen LogP contribution in [0.1, 0.15) is 37.6 Å². The van der Waals surface area contributed by atoms with E-state index in [2.05, 4.69) is 31.0 Å². The fraction of sp³-hybridized carbons (Fsp3) is 0.235. The maximum Gasteiger partial charge on any atom is 0.315 e. The first-order valence-corrected chi connectivity index (χ1v) is 8.30. The maximum absolute atomic E-state index is 12.4. The minimum atomic E-state index is -0.314. The van der Waals surface area contributed by atoms with E-state index in [9.17, 15) is 4.79 Å². The molecular weight excluding hydrogens is 332 g/mol.